The van der Waals surface area contributed by atoms with Gasteiger partial charge in [0.15, 0.2) is 11.5 Å². The first-order valence-corrected chi connectivity index (χ1v) is 12.1. The molecule has 0 saturated carbocycles. The van der Waals surface area contributed by atoms with Gasteiger partial charge in [-0.05, 0) is 52.6 Å². The van der Waals surface area contributed by atoms with Gasteiger partial charge in [0.1, 0.15) is 5.75 Å². The lowest BCUT2D eigenvalue weighted by molar-refractivity contribution is 0.240. The van der Waals surface area contributed by atoms with Crippen molar-refractivity contribution in [2.45, 2.75) is 26.1 Å². The van der Waals surface area contributed by atoms with Crippen LogP contribution >= 0.6 is 0 Å². The summed E-state index contributed by atoms with van der Waals surface area (Å²) in [5, 5.41) is 10.2. The predicted molar refractivity (Wildman–Crippen MR) is 141 cm³/mol. The van der Waals surface area contributed by atoms with Crippen LogP contribution in [-0.2, 0) is 26.1 Å². The van der Waals surface area contributed by atoms with E-state index in [9.17, 15) is 9.90 Å². The summed E-state index contributed by atoms with van der Waals surface area (Å²) in [6.07, 6.45) is 0.770. The van der Waals surface area contributed by atoms with Crippen LogP contribution in [0, 0.1) is 0 Å². The van der Waals surface area contributed by atoms with Crippen molar-refractivity contribution in [3.05, 3.63) is 112 Å². The number of aromatic hydroxyl groups is 1. The first kappa shape index (κ1) is 23.7. The maximum Gasteiger partial charge on any atom is 0.258 e. The predicted octanol–water partition coefficient (Wildman–Crippen LogP) is 4.84. The third-order valence-electron chi connectivity index (χ3n) is 6.76. The molecule has 1 aliphatic heterocycles. The molecule has 3 aromatic carbocycles. The molecule has 0 spiro atoms. The van der Waals surface area contributed by atoms with Crippen molar-refractivity contribution in [2.24, 2.45) is 0 Å². The highest BCUT2D eigenvalue weighted by Gasteiger charge is 2.23. The van der Waals surface area contributed by atoms with E-state index in [2.05, 4.69) is 11.0 Å². The van der Waals surface area contributed by atoms with Crippen LogP contribution in [0.15, 0.2) is 83.7 Å². The molecule has 1 aromatic heterocycles. The van der Waals surface area contributed by atoms with E-state index >= 15 is 0 Å². The largest absolute Gasteiger partial charge is 0.504 e. The summed E-state index contributed by atoms with van der Waals surface area (Å²) in [6.45, 7) is 2.74. The zero-order valence-electron chi connectivity index (χ0n) is 20.6. The van der Waals surface area contributed by atoms with Crippen LogP contribution in [0.5, 0.6) is 17.2 Å². The van der Waals surface area contributed by atoms with Gasteiger partial charge in [0.25, 0.3) is 5.56 Å². The standard InChI is InChI=1S/C30H30N2O4/c1-35-25-10-6-7-21(15-25)19-32-27-13-14-31(18-22-11-12-29(36-2)28(33)16-22)20-24(27)17-26(30(32)34)23-8-4-3-5-9-23/h3-12,15-17,33H,13-14,18-20H2,1-2H3. The lowest BCUT2D eigenvalue weighted by atomic mass is 9.98. The monoisotopic (exact) mass is 482 g/mol. The molecule has 6 heteroatoms. The minimum atomic E-state index is 0.0243. The topological polar surface area (TPSA) is 63.9 Å². The Hall–Kier alpha value is -4.03. The molecule has 0 amide bonds. The zero-order chi connectivity index (χ0) is 25.1. The van der Waals surface area contributed by atoms with Crippen molar-refractivity contribution in [3.8, 4) is 28.4 Å². The number of hydrogen-bond donors (Lipinski definition) is 1. The van der Waals surface area contributed by atoms with E-state index in [4.69, 9.17) is 9.47 Å². The molecule has 0 saturated heterocycles. The average Bonchev–Trinajstić information content (AvgIpc) is 2.91. The van der Waals surface area contributed by atoms with Crippen LogP contribution in [0.2, 0.25) is 0 Å². The third-order valence-corrected chi connectivity index (χ3v) is 6.76. The summed E-state index contributed by atoms with van der Waals surface area (Å²) < 4.78 is 12.5. The molecular weight excluding hydrogens is 452 g/mol. The second kappa shape index (κ2) is 10.3. The van der Waals surface area contributed by atoms with Crippen molar-refractivity contribution in [1.29, 1.82) is 0 Å². The second-order valence-corrected chi connectivity index (χ2v) is 9.11. The van der Waals surface area contributed by atoms with Gasteiger partial charge in [0, 0.05) is 37.3 Å². The minimum Gasteiger partial charge on any atom is -0.504 e. The summed E-state index contributed by atoms with van der Waals surface area (Å²) >= 11 is 0. The Morgan fingerprint density at radius 3 is 2.42 bits per heavy atom. The van der Waals surface area contributed by atoms with E-state index < -0.39 is 0 Å². The van der Waals surface area contributed by atoms with Crippen molar-refractivity contribution in [3.63, 3.8) is 0 Å². The van der Waals surface area contributed by atoms with Crippen molar-refractivity contribution in [1.82, 2.24) is 9.47 Å². The van der Waals surface area contributed by atoms with Gasteiger partial charge in [-0.1, -0.05) is 48.5 Å². The lowest BCUT2D eigenvalue weighted by Crippen LogP contribution is -2.36. The van der Waals surface area contributed by atoms with E-state index in [-0.39, 0.29) is 11.3 Å². The number of fused-ring (bicyclic) bond motifs is 1. The number of ether oxygens (including phenoxy) is 2. The van der Waals surface area contributed by atoms with Crippen LogP contribution in [0.25, 0.3) is 11.1 Å². The summed E-state index contributed by atoms with van der Waals surface area (Å²) in [7, 11) is 3.20. The van der Waals surface area contributed by atoms with Gasteiger partial charge in [-0.25, -0.2) is 0 Å². The van der Waals surface area contributed by atoms with Gasteiger partial charge in [-0.15, -0.1) is 0 Å². The van der Waals surface area contributed by atoms with Crippen LogP contribution < -0.4 is 15.0 Å². The Kier molecular flexibility index (Phi) is 6.78. The normalized spacial score (nSPS) is 13.3. The minimum absolute atomic E-state index is 0.0243. The van der Waals surface area contributed by atoms with E-state index in [1.807, 2.05) is 65.2 Å². The first-order valence-electron chi connectivity index (χ1n) is 12.1. The summed E-state index contributed by atoms with van der Waals surface area (Å²) in [5.74, 6) is 1.39. The highest BCUT2D eigenvalue weighted by molar-refractivity contribution is 5.63. The molecule has 0 radical (unpaired) electrons. The second-order valence-electron chi connectivity index (χ2n) is 9.11. The molecule has 0 bridgehead atoms. The highest BCUT2D eigenvalue weighted by atomic mass is 16.5. The third kappa shape index (κ3) is 4.86. The number of pyridine rings is 1. The number of phenolic OH excluding ortho intramolecular Hbond substituents is 1. The summed E-state index contributed by atoms with van der Waals surface area (Å²) in [5.41, 5.74) is 5.93. The molecule has 5 rings (SSSR count). The van der Waals surface area contributed by atoms with E-state index in [1.165, 1.54) is 0 Å². The fourth-order valence-electron chi connectivity index (χ4n) is 4.95. The highest BCUT2D eigenvalue weighted by Crippen LogP contribution is 2.29. The number of phenols is 1. The molecule has 0 aliphatic carbocycles. The zero-order valence-corrected chi connectivity index (χ0v) is 20.6. The van der Waals surface area contributed by atoms with E-state index in [0.717, 1.165) is 53.2 Å². The number of aromatic nitrogens is 1. The SMILES string of the molecule is COc1cccc(Cn2c3c(cc(-c4ccccc4)c2=O)CN(Cc2ccc(OC)c(O)c2)CC3)c1. The molecule has 4 aromatic rings. The maximum atomic E-state index is 13.7. The molecule has 2 heterocycles. The molecule has 0 atom stereocenters. The molecule has 0 unspecified atom stereocenters. The van der Waals surface area contributed by atoms with Crippen molar-refractivity contribution >= 4 is 0 Å². The fourth-order valence-corrected chi connectivity index (χ4v) is 4.95. The van der Waals surface area contributed by atoms with Crippen molar-refractivity contribution < 1.29 is 14.6 Å². The first-order chi connectivity index (χ1) is 17.6. The molecule has 1 aliphatic rings. The Morgan fingerprint density at radius 2 is 1.67 bits per heavy atom. The molecule has 184 valence electrons. The fraction of sp³-hybridized carbons (Fsp3) is 0.233. The molecule has 0 fully saturated rings. The van der Waals surface area contributed by atoms with E-state index in [1.54, 1.807) is 26.4 Å². The molecular formula is C30H30N2O4. The Morgan fingerprint density at radius 1 is 0.861 bits per heavy atom. The van der Waals surface area contributed by atoms with E-state index in [0.29, 0.717) is 24.4 Å². The number of benzene rings is 3. The summed E-state index contributed by atoms with van der Waals surface area (Å²) in [6, 6.07) is 25.3. The number of methoxy groups -OCH3 is 2. The van der Waals surface area contributed by atoms with Gasteiger partial charge in [0.2, 0.25) is 0 Å². The average molecular weight is 483 g/mol. The smallest absolute Gasteiger partial charge is 0.258 e. The number of rotatable bonds is 7. The van der Waals surface area contributed by atoms with Crippen molar-refractivity contribution in [2.75, 3.05) is 20.8 Å². The Balaban J connectivity index is 1.51. The van der Waals surface area contributed by atoms with Crippen LogP contribution in [-0.4, -0.2) is 35.3 Å². The van der Waals surface area contributed by atoms with Gasteiger partial charge < -0.3 is 19.1 Å². The van der Waals surface area contributed by atoms with Gasteiger partial charge >= 0.3 is 0 Å². The Bertz CT molecular complexity index is 1430. The van der Waals surface area contributed by atoms with Gasteiger partial charge in [-0.2, -0.15) is 0 Å². The number of nitrogens with zero attached hydrogens (tertiary/aromatic N) is 2. The summed E-state index contributed by atoms with van der Waals surface area (Å²) in [4.78, 5) is 16.1. The quantitative estimate of drug-likeness (QED) is 0.408. The molecule has 1 N–H and O–H groups in total. The van der Waals surface area contributed by atoms with Gasteiger partial charge in [0.05, 0.1) is 20.8 Å². The van der Waals surface area contributed by atoms with Crippen LogP contribution in [0.3, 0.4) is 0 Å². The number of hydrogen-bond acceptors (Lipinski definition) is 5. The van der Waals surface area contributed by atoms with Gasteiger partial charge in [-0.3, -0.25) is 9.69 Å². The maximum absolute atomic E-state index is 13.7. The van der Waals surface area contributed by atoms with Crippen LogP contribution in [0.4, 0.5) is 0 Å². The lowest BCUT2D eigenvalue weighted by Gasteiger charge is -2.31. The Labute approximate surface area is 211 Å². The molecule has 6 nitrogen and oxygen atoms in total. The van der Waals surface area contributed by atoms with Crippen LogP contribution in [0.1, 0.15) is 22.4 Å². The molecule has 36 heavy (non-hydrogen) atoms.